The SMILES string of the molecule is Cc1cccc(Sc2ccc(S(=O)(=O)N(CCN3CCOCC3)C(C(=O)NO)C(C)C)cc2)c1. The van der Waals surface area contributed by atoms with Crippen LogP contribution >= 0.6 is 11.8 Å². The number of ether oxygens (including phenoxy) is 1. The fourth-order valence-electron chi connectivity index (χ4n) is 3.94. The molecular formula is C24H33N3O5S2. The van der Waals surface area contributed by atoms with Crippen LogP contribution in [0.3, 0.4) is 0 Å². The third kappa shape index (κ3) is 6.80. The van der Waals surface area contributed by atoms with Crippen molar-refractivity contribution in [3.63, 3.8) is 0 Å². The molecule has 1 unspecified atom stereocenters. The smallest absolute Gasteiger partial charge is 0.262 e. The molecule has 0 radical (unpaired) electrons. The minimum Gasteiger partial charge on any atom is -0.379 e. The molecule has 0 saturated carbocycles. The van der Waals surface area contributed by atoms with Crippen molar-refractivity contribution in [3.05, 3.63) is 54.1 Å². The summed E-state index contributed by atoms with van der Waals surface area (Å²) in [6, 6.07) is 13.7. The Hall–Kier alpha value is -1.95. The van der Waals surface area contributed by atoms with Crippen LogP contribution in [0, 0.1) is 12.8 Å². The van der Waals surface area contributed by atoms with E-state index in [1.165, 1.54) is 4.31 Å². The number of hydrogen-bond acceptors (Lipinski definition) is 7. The molecule has 0 spiro atoms. The van der Waals surface area contributed by atoms with Gasteiger partial charge in [-0.1, -0.05) is 43.3 Å². The van der Waals surface area contributed by atoms with Crippen molar-refractivity contribution in [2.45, 2.75) is 41.5 Å². The number of hydroxylamine groups is 1. The second-order valence-corrected chi connectivity index (χ2v) is 11.7. The maximum Gasteiger partial charge on any atom is 0.262 e. The third-order valence-corrected chi connectivity index (χ3v) is 8.61. The van der Waals surface area contributed by atoms with Crippen LogP contribution in [0.15, 0.2) is 63.2 Å². The molecule has 2 aromatic carbocycles. The molecule has 3 rings (SSSR count). The van der Waals surface area contributed by atoms with Gasteiger partial charge in [0.1, 0.15) is 6.04 Å². The Labute approximate surface area is 206 Å². The fraction of sp³-hybridized carbons (Fsp3) is 0.458. The van der Waals surface area contributed by atoms with Gasteiger partial charge in [-0.3, -0.25) is 14.9 Å². The first-order chi connectivity index (χ1) is 16.2. The van der Waals surface area contributed by atoms with E-state index in [0.717, 1.165) is 15.4 Å². The number of nitrogens with zero attached hydrogens (tertiary/aromatic N) is 2. The Morgan fingerprint density at radius 1 is 1.15 bits per heavy atom. The predicted molar refractivity (Wildman–Crippen MR) is 131 cm³/mol. The Kier molecular flexibility index (Phi) is 9.52. The van der Waals surface area contributed by atoms with Gasteiger partial charge in [-0.05, 0) is 49.2 Å². The minimum atomic E-state index is -4.00. The summed E-state index contributed by atoms with van der Waals surface area (Å²) in [5.74, 6) is -1.09. The number of hydrogen-bond donors (Lipinski definition) is 2. The number of carbonyl (C=O) groups excluding carboxylic acids is 1. The monoisotopic (exact) mass is 507 g/mol. The number of morpholine rings is 1. The summed E-state index contributed by atoms with van der Waals surface area (Å²) in [4.78, 5) is 16.7. The molecule has 34 heavy (non-hydrogen) atoms. The van der Waals surface area contributed by atoms with E-state index >= 15 is 0 Å². The van der Waals surface area contributed by atoms with Gasteiger partial charge in [0.05, 0.1) is 18.1 Å². The minimum absolute atomic E-state index is 0.111. The van der Waals surface area contributed by atoms with Crippen molar-refractivity contribution in [3.8, 4) is 0 Å². The van der Waals surface area contributed by atoms with E-state index in [-0.39, 0.29) is 17.4 Å². The van der Waals surface area contributed by atoms with E-state index in [4.69, 9.17) is 4.74 Å². The molecule has 0 aliphatic carbocycles. The van der Waals surface area contributed by atoms with E-state index in [2.05, 4.69) is 11.0 Å². The summed E-state index contributed by atoms with van der Waals surface area (Å²) >= 11 is 1.55. The van der Waals surface area contributed by atoms with Gasteiger partial charge in [0, 0.05) is 36.0 Å². The lowest BCUT2D eigenvalue weighted by Gasteiger charge is -2.34. The third-order valence-electron chi connectivity index (χ3n) is 5.72. The molecule has 0 bridgehead atoms. The first-order valence-corrected chi connectivity index (χ1v) is 13.6. The lowest BCUT2D eigenvalue weighted by Crippen LogP contribution is -2.54. The average molecular weight is 508 g/mol. The molecule has 1 heterocycles. The number of sulfonamides is 1. The highest BCUT2D eigenvalue weighted by Crippen LogP contribution is 2.30. The molecular weight excluding hydrogens is 474 g/mol. The standard InChI is InChI=1S/C24H33N3O5S2/c1-18(2)23(24(28)25-29)27(12-11-26-13-15-32-16-14-26)34(30,31)22-9-7-20(8-10-22)33-21-6-4-5-19(3)17-21/h4-10,17-18,23,29H,11-16H2,1-3H3,(H,25,28). The molecule has 10 heteroatoms. The highest BCUT2D eigenvalue weighted by molar-refractivity contribution is 7.99. The Morgan fingerprint density at radius 3 is 2.41 bits per heavy atom. The first-order valence-electron chi connectivity index (χ1n) is 11.3. The molecule has 1 atom stereocenters. The van der Waals surface area contributed by atoms with Gasteiger partial charge < -0.3 is 4.74 Å². The Balaban J connectivity index is 1.85. The summed E-state index contributed by atoms with van der Waals surface area (Å²) < 4.78 is 34.0. The molecule has 8 nitrogen and oxygen atoms in total. The van der Waals surface area contributed by atoms with Gasteiger partial charge in [0.2, 0.25) is 10.0 Å². The summed E-state index contributed by atoms with van der Waals surface area (Å²) in [7, 11) is -4.00. The second-order valence-electron chi connectivity index (χ2n) is 8.62. The van der Waals surface area contributed by atoms with Gasteiger partial charge in [-0.25, -0.2) is 13.9 Å². The summed E-state index contributed by atoms with van der Waals surface area (Å²) in [6.07, 6.45) is 0. The van der Waals surface area contributed by atoms with Crippen LogP contribution in [-0.4, -0.2) is 74.2 Å². The lowest BCUT2D eigenvalue weighted by atomic mass is 10.0. The predicted octanol–water partition coefficient (Wildman–Crippen LogP) is 3.00. The van der Waals surface area contributed by atoms with Gasteiger partial charge in [0.15, 0.2) is 0 Å². The van der Waals surface area contributed by atoms with Gasteiger partial charge in [-0.15, -0.1) is 0 Å². The molecule has 1 aliphatic rings. The van der Waals surface area contributed by atoms with E-state index in [0.29, 0.717) is 32.8 Å². The van der Waals surface area contributed by atoms with Crippen molar-refractivity contribution in [2.24, 2.45) is 5.92 Å². The lowest BCUT2D eigenvalue weighted by molar-refractivity contribution is -0.134. The van der Waals surface area contributed by atoms with Crippen molar-refractivity contribution in [1.29, 1.82) is 0 Å². The first kappa shape index (κ1) is 26.7. The van der Waals surface area contributed by atoms with Gasteiger partial charge in [-0.2, -0.15) is 4.31 Å². The highest BCUT2D eigenvalue weighted by Gasteiger charge is 2.38. The molecule has 1 amide bonds. The molecule has 2 aromatic rings. The number of benzene rings is 2. The summed E-state index contributed by atoms with van der Waals surface area (Å²) in [6.45, 7) is 8.74. The maximum atomic E-state index is 13.7. The van der Waals surface area contributed by atoms with E-state index in [9.17, 15) is 18.4 Å². The number of amides is 1. The van der Waals surface area contributed by atoms with E-state index in [1.54, 1.807) is 55.4 Å². The molecule has 186 valence electrons. The molecule has 0 aromatic heterocycles. The number of rotatable bonds is 10. The Morgan fingerprint density at radius 2 is 1.82 bits per heavy atom. The normalized spacial score (nSPS) is 16.1. The number of carbonyl (C=O) groups is 1. The molecule has 1 aliphatic heterocycles. The number of aryl methyl sites for hydroxylation is 1. The van der Waals surface area contributed by atoms with Crippen LogP contribution in [0.1, 0.15) is 19.4 Å². The Bertz CT molecular complexity index is 1050. The zero-order chi connectivity index (χ0) is 24.7. The summed E-state index contributed by atoms with van der Waals surface area (Å²) in [5.41, 5.74) is 2.80. The highest BCUT2D eigenvalue weighted by atomic mass is 32.2. The van der Waals surface area contributed by atoms with E-state index < -0.39 is 22.0 Å². The topological polar surface area (TPSA) is 99.2 Å². The van der Waals surface area contributed by atoms with Crippen LogP contribution in [0.5, 0.6) is 0 Å². The second kappa shape index (κ2) is 12.1. The van der Waals surface area contributed by atoms with Gasteiger partial charge in [0.25, 0.3) is 5.91 Å². The zero-order valence-corrected chi connectivity index (χ0v) is 21.4. The molecule has 1 saturated heterocycles. The zero-order valence-electron chi connectivity index (χ0n) is 19.8. The quantitative estimate of drug-likeness (QED) is 0.377. The van der Waals surface area contributed by atoms with Crippen LogP contribution < -0.4 is 5.48 Å². The summed E-state index contributed by atoms with van der Waals surface area (Å²) in [5, 5.41) is 9.30. The average Bonchev–Trinajstić information content (AvgIpc) is 2.82. The fourth-order valence-corrected chi connectivity index (χ4v) is 6.58. The molecule has 1 fully saturated rings. The van der Waals surface area contributed by atoms with E-state index in [1.807, 2.05) is 25.1 Å². The van der Waals surface area contributed by atoms with Gasteiger partial charge >= 0.3 is 0 Å². The largest absolute Gasteiger partial charge is 0.379 e. The maximum absolute atomic E-state index is 13.7. The van der Waals surface area contributed by atoms with Crippen molar-refractivity contribution >= 4 is 27.7 Å². The van der Waals surface area contributed by atoms with Crippen molar-refractivity contribution in [2.75, 3.05) is 39.4 Å². The van der Waals surface area contributed by atoms with Crippen LogP contribution in [0.25, 0.3) is 0 Å². The van der Waals surface area contributed by atoms with Crippen LogP contribution in [0.2, 0.25) is 0 Å². The number of nitrogens with one attached hydrogen (secondary N) is 1. The van der Waals surface area contributed by atoms with Crippen LogP contribution in [0.4, 0.5) is 0 Å². The molecule has 2 N–H and O–H groups in total. The van der Waals surface area contributed by atoms with Crippen LogP contribution in [-0.2, 0) is 19.6 Å². The van der Waals surface area contributed by atoms with Crippen molar-refractivity contribution in [1.82, 2.24) is 14.7 Å². The van der Waals surface area contributed by atoms with Crippen molar-refractivity contribution < 1.29 is 23.2 Å².